The number of thiazole rings is 1. The maximum absolute atomic E-state index is 12.3. The second-order valence-corrected chi connectivity index (χ2v) is 8.61. The van der Waals surface area contributed by atoms with E-state index in [4.69, 9.17) is 9.47 Å². The number of rotatable bonds is 8. The Hall–Kier alpha value is -2.01. The first-order chi connectivity index (χ1) is 13.2. The number of nitrogens with zero attached hydrogens (tertiary/aromatic N) is 1. The van der Waals surface area contributed by atoms with Gasteiger partial charge >= 0.3 is 6.09 Å². The van der Waals surface area contributed by atoms with E-state index in [2.05, 4.69) is 15.0 Å². The quantitative estimate of drug-likeness (QED) is 0.626. The van der Waals surface area contributed by atoms with Crippen molar-refractivity contribution >= 4 is 34.4 Å². The minimum absolute atomic E-state index is 0.391. The van der Waals surface area contributed by atoms with Crippen LogP contribution in [0.3, 0.4) is 0 Å². The normalized spacial score (nSPS) is 13.6. The number of benzene rings is 1. The lowest BCUT2D eigenvalue weighted by Crippen LogP contribution is -2.35. The lowest BCUT2D eigenvalue weighted by Gasteiger charge is -2.23. The molecule has 1 unspecified atom stereocenters. The van der Waals surface area contributed by atoms with Crippen molar-refractivity contribution in [3.05, 3.63) is 45.9 Å². The number of hydrogen-bond acceptors (Lipinski definition) is 7. The highest BCUT2D eigenvalue weighted by Crippen LogP contribution is 2.24. The summed E-state index contributed by atoms with van der Waals surface area (Å²) in [5, 5.41) is 5.50. The van der Waals surface area contributed by atoms with Crippen LogP contribution in [-0.2, 0) is 33.8 Å². The predicted molar refractivity (Wildman–Crippen MR) is 108 cm³/mol. The van der Waals surface area contributed by atoms with Crippen molar-refractivity contribution in [3.8, 4) is 0 Å². The standard InChI is InChI=1S/C18H25N3O5S2/c1-18(2,3)26-17(22)20-15(16-19-14(10-25-4)11-27-16)9-12-5-7-13(8-6-12)21-28(23)24/h5-8,11,15,21H,9-10H2,1-4H3,(H,20,22)(H,23,24)/p-1/t15-/m0/s1. The molecule has 2 aromatic rings. The van der Waals surface area contributed by atoms with Crippen molar-refractivity contribution in [2.75, 3.05) is 11.8 Å². The Balaban J connectivity index is 2.17. The van der Waals surface area contributed by atoms with Crippen molar-refractivity contribution < 1.29 is 23.0 Å². The number of alkyl carbamates (subject to hydrolysis) is 1. The molecule has 0 aliphatic carbocycles. The minimum atomic E-state index is -2.37. The van der Waals surface area contributed by atoms with Gasteiger partial charge in [-0.05, 0) is 44.9 Å². The van der Waals surface area contributed by atoms with Gasteiger partial charge < -0.3 is 24.1 Å². The van der Waals surface area contributed by atoms with Crippen LogP contribution < -0.4 is 10.0 Å². The van der Waals surface area contributed by atoms with Gasteiger partial charge in [-0.15, -0.1) is 11.3 Å². The molecule has 0 saturated heterocycles. The molecule has 2 rings (SSSR count). The molecule has 2 atom stereocenters. The van der Waals surface area contributed by atoms with Gasteiger partial charge in [0.05, 0.1) is 18.3 Å². The predicted octanol–water partition coefficient (Wildman–Crippen LogP) is 3.30. The van der Waals surface area contributed by atoms with Crippen LogP contribution in [0, 0.1) is 0 Å². The molecule has 1 amide bonds. The van der Waals surface area contributed by atoms with Crippen molar-refractivity contribution in [1.29, 1.82) is 0 Å². The van der Waals surface area contributed by atoms with E-state index in [0.29, 0.717) is 18.7 Å². The zero-order valence-electron chi connectivity index (χ0n) is 16.2. The van der Waals surface area contributed by atoms with Crippen molar-refractivity contribution in [2.24, 2.45) is 0 Å². The van der Waals surface area contributed by atoms with Gasteiger partial charge in [0.15, 0.2) is 0 Å². The monoisotopic (exact) mass is 426 g/mol. The summed E-state index contributed by atoms with van der Waals surface area (Å²) in [4.78, 5) is 16.8. The molecular formula is C18H24N3O5S2-. The van der Waals surface area contributed by atoms with Gasteiger partial charge in [0.25, 0.3) is 0 Å². The Bertz CT molecular complexity index is 802. The molecule has 0 spiro atoms. The highest BCUT2D eigenvalue weighted by molar-refractivity contribution is 7.80. The summed E-state index contributed by atoms with van der Waals surface area (Å²) >= 11 is -0.941. The molecule has 28 heavy (non-hydrogen) atoms. The Morgan fingerprint density at radius 1 is 1.32 bits per heavy atom. The highest BCUT2D eigenvalue weighted by Gasteiger charge is 2.23. The number of anilines is 1. The Kier molecular flexibility index (Phi) is 7.93. The number of nitrogens with one attached hydrogen (secondary N) is 2. The van der Waals surface area contributed by atoms with Gasteiger partial charge in [-0.1, -0.05) is 12.1 Å². The average Bonchev–Trinajstić information content (AvgIpc) is 3.03. The lowest BCUT2D eigenvalue weighted by molar-refractivity contribution is 0.0503. The van der Waals surface area contributed by atoms with E-state index < -0.39 is 29.0 Å². The zero-order chi connectivity index (χ0) is 20.7. The molecule has 1 heterocycles. The maximum atomic E-state index is 12.3. The van der Waals surface area contributed by atoms with Gasteiger partial charge in [0.1, 0.15) is 10.6 Å². The van der Waals surface area contributed by atoms with Gasteiger partial charge in [0.2, 0.25) is 0 Å². The fourth-order valence-electron chi connectivity index (χ4n) is 2.39. The van der Waals surface area contributed by atoms with Gasteiger partial charge in [-0.2, -0.15) is 0 Å². The molecule has 1 aromatic carbocycles. The lowest BCUT2D eigenvalue weighted by atomic mass is 10.1. The molecule has 2 N–H and O–H groups in total. The second-order valence-electron chi connectivity index (χ2n) is 7.05. The van der Waals surface area contributed by atoms with E-state index in [0.717, 1.165) is 16.3 Å². The summed E-state index contributed by atoms with van der Waals surface area (Å²) in [5.41, 5.74) is 1.55. The molecule has 0 saturated carbocycles. The summed E-state index contributed by atoms with van der Waals surface area (Å²) in [6, 6.07) is 6.52. The third kappa shape index (κ3) is 7.55. The topological polar surface area (TPSA) is 113 Å². The van der Waals surface area contributed by atoms with E-state index in [1.54, 1.807) is 52.1 Å². The molecule has 0 bridgehead atoms. The van der Waals surface area contributed by atoms with Crippen LogP contribution in [-0.4, -0.2) is 32.5 Å². The molecule has 10 heteroatoms. The first-order valence-electron chi connectivity index (χ1n) is 8.54. The fourth-order valence-corrected chi connectivity index (χ4v) is 3.57. The van der Waals surface area contributed by atoms with Crippen LogP contribution in [0.15, 0.2) is 29.6 Å². The third-order valence-corrected chi connectivity index (χ3v) is 4.86. The number of aromatic nitrogens is 1. The van der Waals surface area contributed by atoms with E-state index in [9.17, 15) is 13.6 Å². The number of hydrogen-bond donors (Lipinski definition) is 2. The number of ether oxygens (including phenoxy) is 2. The largest absolute Gasteiger partial charge is 0.755 e. The molecule has 0 aliphatic heterocycles. The van der Waals surface area contributed by atoms with Crippen molar-refractivity contribution in [3.63, 3.8) is 0 Å². The van der Waals surface area contributed by atoms with Gasteiger partial charge in [-0.25, -0.2) is 9.78 Å². The SMILES string of the molecule is COCc1csc([C@H](Cc2ccc(NS(=O)[O-])cc2)NC(=O)OC(C)(C)C)n1. The molecule has 0 aliphatic rings. The Morgan fingerprint density at radius 3 is 2.57 bits per heavy atom. The highest BCUT2D eigenvalue weighted by atomic mass is 32.2. The number of amides is 1. The smallest absolute Gasteiger partial charge is 0.408 e. The number of carbonyl (C=O) groups excluding carboxylic acids is 1. The van der Waals surface area contributed by atoms with Crippen molar-refractivity contribution in [1.82, 2.24) is 10.3 Å². The van der Waals surface area contributed by atoms with Crippen LogP contribution in [0.25, 0.3) is 0 Å². The first-order valence-corrected chi connectivity index (χ1v) is 10.5. The minimum Gasteiger partial charge on any atom is -0.755 e. The van der Waals surface area contributed by atoms with Crippen molar-refractivity contribution in [2.45, 2.75) is 45.4 Å². The fraction of sp³-hybridized carbons (Fsp3) is 0.444. The molecule has 8 nitrogen and oxygen atoms in total. The molecule has 1 aromatic heterocycles. The summed E-state index contributed by atoms with van der Waals surface area (Å²) < 4.78 is 34.2. The summed E-state index contributed by atoms with van der Waals surface area (Å²) in [5.74, 6) is 0. The number of methoxy groups -OCH3 is 1. The Labute approximate surface area is 171 Å². The van der Waals surface area contributed by atoms with Crippen LogP contribution in [0.5, 0.6) is 0 Å². The summed E-state index contributed by atoms with van der Waals surface area (Å²) in [7, 11) is 1.60. The van der Waals surface area contributed by atoms with Crippen LogP contribution in [0.1, 0.15) is 43.1 Å². The maximum Gasteiger partial charge on any atom is 0.408 e. The van der Waals surface area contributed by atoms with E-state index in [1.165, 1.54) is 11.3 Å². The molecule has 0 radical (unpaired) electrons. The molecule has 0 fully saturated rings. The van der Waals surface area contributed by atoms with E-state index >= 15 is 0 Å². The van der Waals surface area contributed by atoms with Gasteiger partial charge in [-0.3, -0.25) is 4.21 Å². The molecular weight excluding hydrogens is 402 g/mol. The Morgan fingerprint density at radius 2 is 2.00 bits per heavy atom. The summed E-state index contributed by atoms with van der Waals surface area (Å²) in [6.45, 7) is 5.79. The van der Waals surface area contributed by atoms with E-state index in [1.807, 2.05) is 5.38 Å². The number of carbonyl (C=O) groups is 1. The van der Waals surface area contributed by atoms with Gasteiger partial charge in [0, 0.05) is 29.4 Å². The van der Waals surface area contributed by atoms with Crippen LogP contribution >= 0.6 is 11.3 Å². The van der Waals surface area contributed by atoms with Crippen LogP contribution in [0.2, 0.25) is 0 Å². The zero-order valence-corrected chi connectivity index (χ0v) is 17.8. The molecule has 154 valence electrons. The second kappa shape index (κ2) is 9.97. The van der Waals surface area contributed by atoms with Crippen LogP contribution in [0.4, 0.5) is 10.5 Å². The van der Waals surface area contributed by atoms with E-state index in [-0.39, 0.29) is 0 Å². The first kappa shape index (κ1) is 22.3. The summed E-state index contributed by atoms with van der Waals surface area (Å²) in [6.07, 6.45) is -0.0547. The average molecular weight is 427 g/mol. The third-order valence-electron chi connectivity index (χ3n) is 3.45.